The minimum Gasteiger partial charge on any atom is -0.485 e. The number of amides is 1. The molecule has 6 nitrogen and oxygen atoms in total. The van der Waals surface area contributed by atoms with E-state index < -0.39 is 0 Å². The molecule has 0 bridgehead atoms. The van der Waals surface area contributed by atoms with Gasteiger partial charge in [0.15, 0.2) is 11.6 Å². The van der Waals surface area contributed by atoms with Gasteiger partial charge in [-0.1, -0.05) is 36.4 Å². The molecule has 1 N–H and O–H groups in total. The average molecular weight is 437 g/mol. The van der Waals surface area contributed by atoms with Crippen LogP contribution < -0.4 is 15.0 Å². The third-order valence-electron chi connectivity index (χ3n) is 5.34. The molecule has 31 heavy (non-hydrogen) atoms. The van der Waals surface area contributed by atoms with Crippen molar-refractivity contribution in [2.24, 2.45) is 0 Å². The number of carbonyl (C=O) groups is 1. The summed E-state index contributed by atoms with van der Waals surface area (Å²) >= 11 is 1.47. The quantitative estimate of drug-likeness (QED) is 0.519. The third kappa shape index (κ3) is 6.06. The minimum absolute atomic E-state index is 0.0259. The van der Waals surface area contributed by atoms with Crippen molar-refractivity contribution in [3.63, 3.8) is 0 Å². The number of nitrogens with one attached hydrogen (secondary N) is 1. The van der Waals surface area contributed by atoms with Crippen molar-refractivity contribution in [3.05, 3.63) is 76.6 Å². The van der Waals surface area contributed by atoms with Crippen LogP contribution in [0.3, 0.4) is 0 Å². The van der Waals surface area contributed by atoms with Crippen molar-refractivity contribution in [2.75, 3.05) is 44.2 Å². The van der Waals surface area contributed by atoms with Crippen molar-refractivity contribution in [1.82, 2.24) is 15.2 Å². The van der Waals surface area contributed by atoms with Crippen molar-refractivity contribution in [2.45, 2.75) is 13.0 Å². The van der Waals surface area contributed by atoms with Gasteiger partial charge in [-0.05, 0) is 42.1 Å². The van der Waals surface area contributed by atoms with Crippen LogP contribution in [0.5, 0.6) is 5.75 Å². The van der Waals surface area contributed by atoms with E-state index in [0.717, 1.165) is 61.2 Å². The van der Waals surface area contributed by atoms with E-state index in [2.05, 4.69) is 32.2 Å². The van der Waals surface area contributed by atoms with Crippen LogP contribution >= 0.6 is 11.3 Å². The molecular formula is C24H28N4O2S. The van der Waals surface area contributed by atoms with Crippen LogP contribution in [-0.4, -0.2) is 55.1 Å². The number of rotatable bonds is 9. The van der Waals surface area contributed by atoms with E-state index in [4.69, 9.17) is 4.74 Å². The molecule has 0 spiro atoms. The Labute approximate surface area is 187 Å². The van der Waals surface area contributed by atoms with Crippen LogP contribution in [0.1, 0.15) is 21.7 Å². The second-order valence-electron chi connectivity index (χ2n) is 7.51. The van der Waals surface area contributed by atoms with E-state index in [1.165, 1.54) is 11.3 Å². The molecule has 0 atom stereocenters. The first-order valence-corrected chi connectivity index (χ1v) is 11.6. The zero-order valence-corrected chi connectivity index (χ0v) is 18.4. The Balaban J connectivity index is 1.21. The monoisotopic (exact) mass is 436 g/mol. The van der Waals surface area contributed by atoms with Gasteiger partial charge in [0.05, 0.1) is 4.88 Å². The summed E-state index contributed by atoms with van der Waals surface area (Å²) in [4.78, 5) is 22.1. The number of aromatic nitrogens is 1. The van der Waals surface area contributed by atoms with Gasteiger partial charge in [0.2, 0.25) is 0 Å². The Kier molecular flexibility index (Phi) is 7.52. The van der Waals surface area contributed by atoms with Gasteiger partial charge in [-0.25, -0.2) is 4.98 Å². The number of hydrogen-bond donors (Lipinski definition) is 1. The molecule has 1 aliphatic rings. The molecule has 0 saturated carbocycles. The third-order valence-corrected chi connectivity index (χ3v) is 6.21. The highest BCUT2D eigenvalue weighted by Gasteiger charge is 2.20. The highest BCUT2D eigenvalue weighted by atomic mass is 32.1. The Hall–Kier alpha value is -2.90. The molecule has 2 aromatic heterocycles. The van der Waals surface area contributed by atoms with Crippen molar-refractivity contribution < 1.29 is 9.53 Å². The smallest absolute Gasteiger partial charge is 0.261 e. The number of ether oxygens (including phenoxy) is 1. The van der Waals surface area contributed by atoms with E-state index >= 15 is 0 Å². The number of carbonyl (C=O) groups excluding carboxylic acids is 1. The molecule has 0 aliphatic carbocycles. The van der Waals surface area contributed by atoms with Crippen LogP contribution in [0.2, 0.25) is 0 Å². The van der Waals surface area contributed by atoms with E-state index in [1.54, 1.807) is 0 Å². The lowest BCUT2D eigenvalue weighted by Crippen LogP contribution is -2.47. The second-order valence-corrected chi connectivity index (χ2v) is 8.46. The van der Waals surface area contributed by atoms with Gasteiger partial charge in [-0.3, -0.25) is 9.69 Å². The molecule has 162 valence electrons. The van der Waals surface area contributed by atoms with Gasteiger partial charge in [0, 0.05) is 38.9 Å². The molecule has 1 aromatic carbocycles. The van der Waals surface area contributed by atoms with Gasteiger partial charge in [0.25, 0.3) is 5.91 Å². The standard InChI is InChI=1S/C24H28N4O2S/c29-24(22-10-5-18-31-22)26-12-6-13-27-14-16-28(17-15-27)23-21(9-4-11-25-23)30-19-20-7-2-1-3-8-20/h1-5,7-11,18H,6,12-17,19H2,(H,26,29). The van der Waals surface area contributed by atoms with E-state index in [9.17, 15) is 4.79 Å². The lowest BCUT2D eigenvalue weighted by Gasteiger charge is -2.36. The maximum absolute atomic E-state index is 12.0. The number of hydrogen-bond acceptors (Lipinski definition) is 6. The molecule has 1 fully saturated rings. The zero-order valence-electron chi connectivity index (χ0n) is 17.6. The highest BCUT2D eigenvalue weighted by molar-refractivity contribution is 7.12. The summed E-state index contributed by atoms with van der Waals surface area (Å²) in [5, 5.41) is 4.93. The summed E-state index contributed by atoms with van der Waals surface area (Å²) in [5.41, 5.74) is 1.15. The predicted molar refractivity (Wildman–Crippen MR) is 125 cm³/mol. The average Bonchev–Trinajstić information content (AvgIpc) is 3.37. The number of benzene rings is 1. The summed E-state index contributed by atoms with van der Waals surface area (Å²) in [7, 11) is 0. The predicted octanol–water partition coefficient (Wildman–Crippen LogP) is 3.66. The van der Waals surface area contributed by atoms with E-state index in [-0.39, 0.29) is 5.91 Å². The van der Waals surface area contributed by atoms with Crippen LogP contribution in [0.25, 0.3) is 0 Å². The first kappa shape index (κ1) is 21.3. The second kappa shape index (κ2) is 10.9. The first-order chi connectivity index (χ1) is 15.3. The van der Waals surface area contributed by atoms with Gasteiger partial charge in [-0.15, -0.1) is 11.3 Å². The van der Waals surface area contributed by atoms with Gasteiger partial charge in [-0.2, -0.15) is 0 Å². The molecule has 3 aromatic rings. The Morgan fingerprint density at radius 1 is 1.03 bits per heavy atom. The first-order valence-electron chi connectivity index (χ1n) is 10.7. The van der Waals surface area contributed by atoms with Crippen LogP contribution in [0.4, 0.5) is 5.82 Å². The molecule has 4 rings (SSSR count). The van der Waals surface area contributed by atoms with Crippen LogP contribution in [0, 0.1) is 0 Å². The number of piperazine rings is 1. The van der Waals surface area contributed by atoms with Crippen LogP contribution in [-0.2, 0) is 6.61 Å². The summed E-state index contributed by atoms with van der Waals surface area (Å²) < 4.78 is 6.08. The molecular weight excluding hydrogens is 408 g/mol. The van der Waals surface area contributed by atoms with Crippen LogP contribution in [0.15, 0.2) is 66.2 Å². The molecule has 3 heterocycles. The molecule has 1 saturated heterocycles. The molecule has 1 amide bonds. The van der Waals surface area contributed by atoms with Crippen molar-refractivity contribution in [1.29, 1.82) is 0 Å². The SMILES string of the molecule is O=C(NCCCN1CCN(c2ncccc2OCc2ccccc2)CC1)c1cccs1. The molecule has 0 unspecified atom stereocenters. The minimum atomic E-state index is 0.0259. The molecule has 1 aliphatic heterocycles. The van der Waals surface area contributed by atoms with Crippen molar-refractivity contribution >= 4 is 23.1 Å². The van der Waals surface area contributed by atoms with Gasteiger partial charge in [0.1, 0.15) is 6.61 Å². The largest absolute Gasteiger partial charge is 0.485 e. The van der Waals surface area contributed by atoms with Gasteiger partial charge < -0.3 is 15.0 Å². The molecule has 0 radical (unpaired) electrons. The fraction of sp³-hybridized carbons (Fsp3) is 0.333. The van der Waals surface area contributed by atoms with Crippen molar-refractivity contribution in [3.8, 4) is 5.75 Å². The number of thiophene rings is 1. The number of anilines is 1. The summed E-state index contributed by atoms with van der Waals surface area (Å²) in [6.45, 7) is 6.02. The Morgan fingerprint density at radius 3 is 2.65 bits per heavy atom. The summed E-state index contributed by atoms with van der Waals surface area (Å²) in [5.74, 6) is 1.77. The molecule has 7 heteroatoms. The van der Waals surface area contributed by atoms with E-state index in [1.807, 2.05) is 54.0 Å². The topological polar surface area (TPSA) is 57.7 Å². The maximum Gasteiger partial charge on any atom is 0.261 e. The highest BCUT2D eigenvalue weighted by Crippen LogP contribution is 2.27. The maximum atomic E-state index is 12.0. The Morgan fingerprint density at radius 2 is 1.87 bits per heavy atom. The fourth-order valence-electron chi connectivity index (χ4n) is 3.65. The summed E-state index contributed by atoms with van der Waals surface area (Å²) in [6.07, 6.45) is 2.78. The normalized spacial score (nSPS) is 14.4. The van der Waals surface area contributed by atoms with Gasteiger partial charge >= 0.3 is 0 Å². The fourth-order valence-corrected chi connectivity index (χ4v) is 4.29. The Bertz CT molecular complexity index is 941. The number of pyridine rings is 1. The lowest BCUT2D eigenvalue weighted by atomic mass is 10.2. The lowest BCUT2D eigenvalue weighted by molar-refractivity contribution is 0.0955. The zero-order chi connectivity index (χ0) is 21.3. The van der Waals surface area contributed by atoms with E-state index in [0.29, 0.717) is 13.2 Å². The summed E-state index contributed by atoms with van der Waals surface area (Å²) in [6, 6.07) is 17.9. The number of nitrogens with zero attached hydrogens (tertiary/aromatic N) is 3.